The fraction of sp³-hybridized carbons (Fsp3) is 0.0870. The lowest BCUT2D eigenvalue weighted by atomic mass is 10.2. The van der Waals surface area contributed by atoms with Crippen molar-refractivity contribution in [2.75, 3.05) is 6.61 Å². The number of hydrogen-bond donors (Lipinski definition) is 1. The van der Waals surface area contributed by atoms with Gasteiger partial charge in [-0.05, 0) is 30.3 Å². The van der Waals surface area contributed by atoms with Gasteiger partial charge in [-0.15, -0.1) is 0 Å². The van der Waals surface area contributed by atoms with Crippen LogP contribution in [0.25, 0.3) is 10.9 Å². The van der Waals surface area contributed by atoms with Crippen molar-refractivity contribution in [1.29, 1.82) is 0 Å². The first kappa shape index (κ1) is 18.4. The maximum atomic E-state index is 12.1. The van der Waals surface area contributed by atoms with Crippen LogP contribution >= 0.6 is 0 Å². The first-order chi connectivity index (χ1) is 14.3. The number of pyridine rings is 1. The molecule has 0 saturated carbocycles. The zero-order valence-corrected chi connectivity index (χ0v) is 15.7. The van der Waals surface area contributed by atoms with Crippen LogP contribution in [-0.2, 0) is 6.54 Å². The van der Waals surface area contributed by atoms with E-state index in [1.54, 1.807) is 30.7 Å². The molecule has 0 atom stereocenters. The molecule has 6 heteroatoms. The van der Waals surface area contributed by atoms with Gasteiger partial charge in [0.25, 0.3) is 5.91 Å². The first-order valence-corrected chi connectivity index (χ1v) is 9.30. The summed E-state index contributed by atoms with van der Waals surface area (Å²) in [5, 5.41) is 5.18. The fourth-order valence-electron chi connectivity index (χ4n) is 3.07. The number of nitrogens with one attached hydrogen (secondary N) is 1. The van der Waals surface area contributed by atoms with Crippen LogP contribution in [0.4, 0.5) is 0 Å². The van der Waals surface area contributed by atoms with Gasteiger partial charge in [0.2, 0.25) is 0 Å². The van der Waals surface area contributed by atoms with Gasteiger partial charge in [-0.2, -0.15) is 5.10 Å². The maximum Gasteiger partial charge on any atom is 0.271 e. The first-order valence-electron chi connectivity index (χ1n) is 9.30. The van der Waals surface area contributed by atoms with E-state index in [0.717, 1.165) is 22.2 Å². The van der Waals surface area contributed by atoms with Crippen LogP contribution in [0.5, 0.6) is 5.75 Å². The second kappa shape index (κ2) is 8.84. The SMILES string of the molecule is O=C(N/N=C\c1cn(CCOc2ccccc2)c2ccccc12)c1ccncc1. The molecule has 0 fully saturated rings. The number of amides is 1. The minimum Gasteiger partial charge on any atom is -0.492 e. The van der Waals surface area contributed by atoms with Gasteiger partial charge in [-0.1, -0.05) is 36.4 Å². The van der Waals surface area contributed by atoms with Crippen LogP contribution in [0, 0.1) is 0 Å². The molecule has 0 aliphatic rings. The molecule has 0 radical (unpaired) electrons. The predicted octanol–water partition coefficient (Wildman–Crippen LogP) is 3.88. The molecule has 4 aromatic rings. The van der Waals surface area contributed by atoms with Crippen LogP contribution in [0.15, 0.2) is 90.4 Å². The molecule has 1 amide bonds. The maximum absolute atomic E-state index is 12.1. The monoisotopic (exact) mass is 384 g/mol. The highest BCUT2D eigenvalue weighted by atomic mass is 16.5. The molecule has 0 aliphatic heterocycles. The molecule has 2 aromatic carbocycles. The Hall–Kier alpha value is -3.93. The second-order valence-electron chi connectivity index (χ2n) is 6.39. The van der Waals surface area contributed by atoms with Gasteiger partial charge >= 0.3 is 0 Å². The number of carbonyl (C=O) groups excluding carboxylic acids is 1. The standard InChI is InChI=1S/C23H20N4O2/c28-23(18-10-12-24-13-11-18)26-25-16-19-17-27(22-9-5-4-8-21(19)22)14-15-29-20-6-2-1-3-7-20/h1-13,16-17H,14-15H2,(H,26,28)/b25-16-. The van der Waals surface area contributed by atoms with Crippen LogP contribution < -0.4 is 10.2 Å². The van der Waals surface area contributed by atoms with Crippen molar-refractivity contribution in [3.05, 3.63) is 96.4 Å². The Morgan fingerprint density at radius 2 is 1.79 bits per heavy atom. The Morgan fingerprint density at radius 1 is 1.03 bits per heavy atom. The van der Waals surface area contributed by atoms with Gasteiger partial charge < -0.3 is 9.30 Å². The smallest absolute Gasteiger partial charge is 0.271 e. The number of fused-ring (bicyclic) bond motifs is 1. The number of aromatic nitrogens is 2. The van der Waals surface area contributed by atoms with Gasteiger partial charge in [0.15, 0.2) is 0 Å². The molecule has 144 valence electrons. The van der Waals surface area contributed by atoms with E-state index in [-0.39, 0.29) is 5.91 Å². The Kier molecular flexibility index (Phi) is 5.62. The summed E-state index contributed by atoms with van der Waals surface area (Å²) in [5.74, 6) is 0.577. The molecular formula is C23H20N4O2. The molecular weight excluding hydrogens is 364 g/mol. The number of benzene rings is 2. The Balaban J connectivity index is 1.46. The summed E-state index contributed by atoms with van der Waals surface area (Å²) in [6.07, 6.45) is 6.82. The molecule has 1 N–H and O–H groups in total. The molecule has 2 heterocycles. The highest BCUT2D eigenvalue weighted by molar-refractivity contribution is 6.00. The third kappa shape index (κ3) is 4.50. The van der Waals surface area contributed by atoms with Crippen molar-refractivity contribution in [2.24, 2.45) is 5.10 Å². The average Bonchev–Trinajstić information content (AvgIpc) is 3.13. The number of hydrazone groups is 1. The number of carbonyl (C=O) groups is 1. The number of para-hydroxylation sites is 2. The van der Waals surface area contributed by atoms with E-state index in [2.05, 4.69) is 26.1 Å². The molecule has 2 aromatic heterocycles. The minimum absolute atomic E-state index is 0.274. The third-order valence-electron chi connectivity index (χ3n) is 4.48. The lowest BCUT2D eigenvalue weighted by Crippen LogP contribution is -2.17. The van der Waals surface area contributed by atoms with Crippen molar-refractivity contribution in [3.63, 3.8) is 0 Å². The molecule has 0 spiro atoms. The van der Waals surface area contributed by atoms with Crippen LogP contribution in [0.1, 0.15) is 15.9 Å². The highest BCUT2D eigenvalue weighted by Crippen LogP contribution is 2.20. The number of rotatable bonds is 7. The van der Waals surface area contributed by atoms with Crippen molar-refractivity contribution in [2.45, 2.75) is 6.54 Å². The summed E-state index contributed by atoms with van der Waals surface area (Å²) in [6, 6.07) is 21.1. The zero-order chi connectivity index (χ0) is 19.9. The Labute approximate surface area is 168 Å². The highest BCUT2D eigenvalue weighted by Gasteiger charge is 2.07. The van der Waals surface area contributed by atoms with Crippen LogP contribution in [-0.4, -0.2) is 28.3 Å². The average molecular weight is 384 g/mol. The minimum atomic E-state index is -0.274. The normalized spacial score (nSPS) is 11.0. The van der Waals surface area contributed by atoms with E-state index in [4.69, 9.17) is 4.74 Å². The Bertz CT molecular complexity index is 1120. The largest absolute Gasteiger partial charge is 0.492 e. The van der Waals surface area contributed by atoms with Crippen molar-refractivity contribution >= 4 is 23.0 Å². The van der Waals surface area contributed by atoms with Gasteiger partial charge in [-0.25, -0.2) is 5.43 Å². The van der Waals surface area contributed by atoms with Crippen molar-refractivity contribution < 1.29 is 9.53 Å². The third-order valence-corrected chi connectivity index (χ3v) is 4.48. The van der Waals surface area contributed by atoms with Crippen LogP contribution in [0.2, 0.25) is 0 Å². The second-order valence-corrected chi connectivity index (χ2v) is 6.39. The molecule has 0 saturated heterocycles. The lowest BCUT2D eigenvalue weighted by molar-refractivity contribution is 0.0955. The van der Waals surface area contributed by atoms with E-state index in [9.17, 15) is 4.79 Å². The van der Waals surface area contributed by atoms with Gasteiger partial charge in [0, 0.05) is 40.6 Å². The quantitative estimate of drug-likeness (QED) is 0.388. The summed E-state index contributed by atoms with van der Waals surface area (Å²) in [7, 11) is 0. The molecule has 0 bridgehead atoms. The van der Waals surface area contributed by atoms with Crippen molar-refractivity contribution in [3.8, 4) is 5.75 Å². The van der Waals surface area contributed by atoms with Gasteiger partial charge in [0.05, 0.1) is 12.8 Å². The Morgan fingerprint density at radius 3 is 2.62 bits per heavy atom. The van der Waals surface area contributed by atoms with Gasteiger partial charge in [0.1, 0.15) is 12.4 Å². The number of ether oxygens (including phenoxy) is 1. The lowest BCUT2D eigenvalue weighted by Gasteiger charge is -2.08. The molecule has 4 rings (SSSR count). The summed E-state index contributed by atoms with van der Waals surface area (Å²) in [6.45, 7) is 1.25. The molecule has 0 aliphatic carbocycles. The number of hydrogen-bond acceptors (Lipinski definition) is 4. The zero-order valence-electron chi connectivity index (χ0n) is 15.7. The van der Waals surface area contributed by atoms with E-state index in [1.807, 2.05) is 54.7 Å². The topological polar surface area (TPSA) is 68.5 Å². The molecule has 29 heavy (non-hydrogen) atoms. The molecule has 6 nitrogen and oxygen atoms in total. The predicted molar refractivity (Wildman–Crippen MR) is 113 cm³/mol. The summed E-state index contributed by atoms with van der Waals surface area (Å²) in [5.41, 5.74) is 5.08. The summed E-state index contributed by atoms with van der Waals surface area (Å²) < 4.78 is 7.94. The fourth-order valence-corrected chi connectivity index (χ4v) is 3.07. The van der Waals surface area contributed by atoms with Crippen molar-refractivity contribution in [1.82, 2.24) is 15.0 Å². The van der Waals surface area contributed by atoms with Crippen LogP contribution in [0.3, 0.4) is 0 Å². The van der Waals surface area contributed by atoms with Gasteiger partial charge in [-0.3, -0.25) is 9.78 Å². The van der Waals surface area contributed by atoms with E-state index in [1.165, 1.54) is 0 Å². The van der Waals surface area contributed by atoms with E-state index < -0.39 is 0 Å². The summed E-state index contributed by atoms with van der Waals surface area (Å²) in [4.78, 5) is 16.0. The van der Waals surface area contributed by atoms with E-state index >= 15 is 0 Å². The van der Waals surface area contributed by atoms with E-state index in [0.29, 0.717) is 18.7 Å². The number of nitrogens with zero attached hydrogens (tertiary/aromatic N) is 3. The molecule has 0 unspecified atom stereocenters. The summed E-state index contributed by atoms with van der Waals surface area (Å²) >= 11 is 0.